The van der Waals surface area contributed by atoms with Crippen molar-refractivity contribution in [1.29, 1.82) is 0 Å². The minimum Gasteiger partial charge on any atom is -0.497 e. The fraction of sp³-hybridized carbons (Fsp3) is 0.417. The zero-order chi connectivity index (χ0) is 22.2. The van der Waals surface area contributed by atoms with E-state index < -0.39 is 11.8 Å². The molecule has 7 heteroatoms. The lowest BCUT2D eigenvalue weighted by atomic mass is 10.0. The zero-order valence-electron chi connectivity index (χ0n) is 18.6. The van der Waals surface area contributed by atoms with Gasteiger partial charge in [-0.1, -0.05) is 42.0 Å². The molecule has 0 aromatic heterocycles. The van der Waals surface area contributed by atoms with Crippen molar-refractivity contribution in [2.24, 2.45) is 0 Å². The minimum absolute atomic E-state index is 0.0349. The Balaban J connectivity index is 1.56. The van der Waals surface area contributed by atoms with Crippen LogP contribution < -0.4 is 15.4 Å². The largest absolute Gasteiger partial charge is 0.497 e. The van der Waals surface area contributed by atoms with E-state index in [1.165, 1.54) is 5.56 Å². The molecule has 1 saturated heterocycles. The van der Waals surface area contributed by atoms with Gasteiger partial charge in [0.05, 0.1) is 13.2 Å². The molecule has 3 rings (SSSR count). The summed E-state index contributed by atoms with van der Waals surface area (Å²) in [7, 11) is 3.72. The third-order valence-electron chi connectivity index (χ3n) is 5.72. The van der Waals surface area contributed by atoms with Crippen LogP contribution in [0.1, 0.15) is 22.7 Å². The van der Waals surface area contributed by atoms with Crippen LogP contribution in [0, 0.1) is 6.92 Å². The van der Waals surface area contributed by atoms with Gasteiger partial charge in [0.1, 0.15) is 5.75 Å². The van der Waals surface area contributed by atoms with Gasteiger partial charge < -0.3 is 20.3 Å². The van der Waals surface area contributed by atoms with Gasteiger partial charge in [0, 0.05) is 39.3 Å². The molecule has 1 fully saturated rings. The van der Waals surface area contributed by atoms with Crippen molar-refractivity contribution >= 4 is 11.8 Å². The third kappa shape index (κ3) is 6.54. The van der Waals surface area contributed by atoms with E-state index in [-0.39, 0.29) is 12.6 Å². The Labute approximate surface area is 184 Å². The highest BCUT2D eigenvalue weighted by Crippen LogP contribution is 2.22. The first-order valence-electron chi connectivity index (χ1n) is 10.6. The molecular weight excluding hydrogens is 392 g/mol. The summed E-state index contributed by atoms with van der Waals surface area (Å²) in [5.41, 5.74) is 3.24. The molecule has 1 atom stereocenters. The van der Waals surface area contributed by atoms with E-state index in [0.717, 1.165) is 43.1 Å². The van der Waals surface area contributed by atoms with Crippen LogP contribution in [-0.2, 0) is 16.1 Å². The Morgan fingerprint density at radius 2 is 1.55 bits per heavy atom. The summed E-state index contributed by atoms with van der Waals surface area (Å²) in [4.78, 5) is 29.4. The molecule has 0 saturated carbocycles. The van der Waals surface area contributed by atoms with Crippen molar-refractivity contribution < 1.29 is 14.3 Å². The van der Waals surface area contributed by atoms with Crippen molar-refractivity contribution in [2.45, 2.75) is 19.5 Å². The number of ether oxygens (including phenoxy) is 1. The van der Waals surface area contributed by atoms with E-state index in [0.29, 0.717) is 6.54 Å². The van der Waals surface area contributed by atoms with Crippen molar-refractivity contribution in [2.75, 3.05) is 46.9 Å². The molecule has 1 aliphatic heterocycles. The molecule has 31 heavy (non-hydrogen) atoms. The monoisotopic (exact) mass is 424 g/mol. The molecule has 2 N–H and O–H groups in total. The van der Waals surface area contributed by atoms with Crippen LogP contribution in [0.4, 0.5) is 0 Å². The number of nitrogens with one attached hydrogen (secondary N) is 2. The maximum Gasteiger partial charge on any atom is 0.309 e. The Bertz CT molecular complexity index is 859. The lowest BCUT2D eigenvalue weighted by Crippen LogP contribution is -2.49. The summed E-state index contributed by atoms with van der Waals surface area (Å²) in [6, 6.07) is 15.8. The maximum absolute atomic E-state index is 12.4. The summed E-state index contributed by atoms with van der Waals surface area (Å²) in [5.74, 6) is -0.490. The van der Waals surface area contributed by atoms with Crippen molar-refractivity contribution in [3.63, 3.8) is 0 Å². The van der Waals surface area contributed by atoms with Gasteiger partial charge in [-0.25, -0.2) is 0 Å². The van der Waals surface area contributed by atoms with Crippen LogP contribution in [0.15, 0.2) is 48.5 Å². The first-order chi connectivity index (χ1) is 15.0. The molecule has 0 aliphatic carbocycles. The van der Waals surface area contributed by atoms with Gasteiger partial charge in [0.25, 0.3) is 0 Å². The smallest absolute Gasteiger partial charge is 0.309 e. The highest BCUT2D eigenvalue weighted by molar-refractivity contribution is 6.35. The minimum atomic E-state index is -0.628. The van der Waals surface area contributed by atoms with E-state index in [2.05, 4.69) is 58.7 Å². The molecule has 1 unspecified atom stereocenters. The molecule has 0 spiro atoms. The van der Waals surface area contributed by atoms with Crippen LogP contribution in [0.3, 0.4) is 0 Å². The highest BCUT2D eigenvalue weighted by Gasteiger charge is 2.25. The SMILES string of the molecule is COc1ccc(CNC(=O)C(=O)NCC(c2ccc(C)cc2)N2CCN(C)CC2)cc1. The molecule has 2 aromatic rings. The number of benzene rings is 2. The normalized spacial score (nSPS) is 15.8. The Morgan fingerprint density at radius 1 is 0.935 bits per heavy atom. The Kier molecular flexibility index (Phi) is 8.03. The molecule has 7 nitrogen and oxygen atoms in total. The number of aryl methyl sites for hydroxylation is 1. The number of carbonyl (C=O) groups is 2. The second-order valence-electron chi connectivity index (χ2n) is 8.01. The summed E-state index contributed by atoms with van der Waals surface area (Å²) < 4.78 is 5.13. The number of carbonyl (C=O) groups excluding carboxylic acids is 2. The van der Waals surface area contributed by atoms with Crippen LogP contribution in [-0.4, -0.2) is 68.5 Å². The van der Waals surface area contributed by atoms with E-state index in [1.807, 2.05) is 24.3 Å². The first-order valence-corrected chi connectivity index (χ1v) is 10.6. The number of methoxy groups -OCH3 is 1. The number of rotatable bonds is 7. The van der Waals surface area contributed by atoms with E-state index in [9.17, 15) is 9.59 Å². The zero-order valence-corrected chi connectivity index (χ0v) is 18.6. The fourth-order valence-corrected chi connectivity index (χ4v) is 3.66. The first kappa shape index (κ1) is 22.8. The molecule has 1 aliphatic rings. The maximum atomic E-state index is 12.4. The fourth-order valence-electron chi connectivity index (χ4n) is 3.66. The van der Waals surface area contributed by atoms with E-state index in [4.69, 9.17) is 4.74 Å². The summed E-state index contributed by atoms with van der Waals surface area (Å²) >= 11 is 0. The van der Waals surface area contributed by atoms with Gasteiger partial charge in [-0.2, -0.15) is 0 Å². The molecule has 166 valence electrons. The second-order valence-corrected chi connectivity index (χ2v) is 8.01. The molecule has 2 amide bonds. The number of hydrogen-bond acceptors (Lipinski definition) is 5. The number of amides is 2. The van der Waals surface area contributed by atoms with Crippen LogP contribution in [0.5, 0.6) is 5.75 Å². The topological polar surface area (TPSA) is 73.9 Å². The van der Waals surface area contributed by atoms with Crippen molar-refractivity contribution in [3.05, 3.63) is 65.2 Å². The van der Waals surface area contributed by atoms with E-state index >= 15 is 0 Å². The van der Waals surface area contributed by atoms with E-state index in [1.54, 1.807) is 7.11 Å². The second kappa shape index (κ2) is 10.9. The van der Waals surface area contributed by atoms with Crippen molar-refractivity contribution in [3.8, 4) is 5.75 Å². The third-order valence-corrected chi connectivity index (χ3v) is 5.72. The van der Waals surface area contributed by atoms with Gasteiger partial charge in [-0.05, 0) is 37.2 Å². The lowest BCUT2D eigenvalue weighted by Gasteiger charge is -2.38. The molecule has 2 aromatic carbocycles. The average Bonchev–Trinajstić information content (AvgIpc) is 2.80. The number of likely N-dealkylation sites (N-methyl/N-ethyl adjacent to an activating group) is 1. The van der Waals surface area contributed by atoms with Gasteiger partial charge in [-0.3, -0.25) is 14.5 Å². The molecule has 0 bridgehead atoms. The number of piperazine rings is 1. The van der Waals surface area contributed by atoms with Crippen LogP contribution in [0.2, 0.25) is 0 Å². The average molecular weight is 425 g/mol. The van der Waals surface area contributed by atoms with Crippen LogP contribution >= 0.6 is 0 Å². The highest BCUT2D eigenvalue weighted by atomic mass is 16.5. The quantitative estimate of drug-likeness (QED) is 0.663. The Hall–Kier alpha value is -2.90. The van der Waals surface area contributed by atoms with Gasteiger partial charge in [0.2, 0.25) is 0 Å². The van der Waals surface area contributed by atoms with Gasteiger partial charge in [0.15, 0.2) is 0 Å². The predicted molar refractivity (Wildman–Crippen MR) is 121 cm³/mol. The molecular formula is C24H32N4O3. The number of hydrogen-bond donors (Lipinski definition) is 2. The Morgan fingerprint density at radius 3 is 2.16 bits per heavy atom. The predicted octanol–water partition coefficient (Wildman–Crippen LogP) is 1.72. The van der Waals surface area contributed by atoms with Crippen LogP contribution in [0.25, 0.3) is 0 Å². The molecule has 1 heterocycles. The van der Waals surface area contributed by atoms with Gasteiger partial charge in [-0.15, -0.1) is 0 Å². The number of nitrogens with zero attached hydrogens (tertiary/aromatic N) is 2. The summed E-state index contributed by atoms with van der Waals surface area (Å²) in [6.45, 7) is 6.56. The lowest BCUT2D eigenvalue weighted by molar-refractivity contribution is -0.139. The summed E-state index contributed by atoms with van der Waals surface area (Å²) in [6.07, 6.45) is 0. The van der Waals surface area contributed by atoms with Crippen molar-refractivity contribution in [1.82, 2.24) is 20.4 Å². The van der Waals surface area contributed by atoms with Gasteiger partial charge >= 0.3 is 11.8 Å². The summed E-state index contributed by atoms with van der Waals surface area (Å²) in [5, 5.41) is 5.51. The standard InChI is InChI=1S/C24H32N4O3/c1-18-4-8-20(9-5-18)22(28-14-12-27(2)13-15-28)17-26-24(30)23(29)25-16-19-6-10-21(31-3)11-7-19/h4-11,22H,12-17H2,1-3H3,(H,25,29)(H,26,30). The molecule has 0 radical (unpaired) electrons.